The number of hydrogen-bond acceptors (Lipinski definition) is 2. The highest BCUT2D eigenvalue weighted by Crippen LogP contribution is 2.29. The van der Waals surface area contributed by atoms with E-state index in [1.54, 1.807) is 0 Å². The highest BCUT2D eigenvalue weighted by molar-refractivity contribution is 5.92. The van der Waals surface area contributed by atoms with E-state index in [0.29, 0.717) is 0 Å². The topological polar surface area (TPSA) is 6.48 Å². The molecule has 0 aromatic heterocycles. The summed E-state index contributed by atoms with van der Waals surface area (Å²) in [6.45, 7) is 0. The summed E-state index contributed by atoms with van der Waals surface area (Å²) in [4.78, 5) is 4.24. The Morgan fingerprint density at radius 2 is 1.00 bits per heavy atom. The van der Waals surface area contributed by atoms with Gasteiger partial charge in [-0.05, 0) is 52.6 Å². The van der Waals surface area contributed by atoms with Crippen LogP contribution in [0.1, 0.15) is 16.7 Å². The van der Waals surface area contributed by atoms with E-state index in [9.17, 15) is 0 Å². The lowest BCUT2D eigenvalue weighted by molar-refractivity contribution is 1.13. The SMILES string of the molecule is CN(C)c1ccc(C(=Cc2ccccc2)c2ccc(N(C)C)cc2)cc1. The van der Waals surface area contributed by atoms with Gasteiger partial charge in [0, 0.05) is 39.6 Å². The Kier molecular flexibility index (Phi) is 5.43. The molecule has 0 atom stereocenters. The highest BCUT2D eigenvalue weighted by Gasteiger charge is 2.07. The van der Waals surface area contributed by atoms with Gasteiger partial charge in [0.15, 0.2) is 0 Å². The standard InChI is InChI=1S/C24H26N2/c1-25(2)22-14-10-20(11-15-22)24(18-19-8-6-5-7-9-19)21-12-16-23(17-13-21)26(3)4/h5-18H,1-4H3. The van der Waals surface area contributed by atoms with Crippen molar-refractivity contribution in [3.63, 3.8) is 0 Å². The summed E-state index contributed by atoms with van der Waals surface area (Å²) < 4.78 is 0. The lowest BCUT2D eigenvalue weighted by atomic mass is 9.95. The molecular formula is C24H26N2. The quantitative estimate of drug-likeness (QED) is 0.572. The van der Waals surface area contributed by atoms with E-state index >= 15 is 0 Å². The first-order valence-electron chi connectivity index (χ1n) is 8.87. The van der Waals surface area contributed by atoms with Crippen LogP contribution in [0.5, 0.6) is 0 Å². The van der Waals surface area contributed by atoms with Crippen LogP contribution >= 0.6 is 0 Å². The first kappa shape index (κ1) is 17.8. The van der Waals surface area contributed by atoms with E-state index in [1.807, 2.05) is 0 Å². The lowest BCUT2D eigenvalue weighted by Crippen LogP contribution is -2.08. The van der Waals surface area contributed by atoms with Crippen molar-refractivity contribution in [3.8, 4) is 0 Å². The van der Waals surface area contributed by atoms with Crippen LogP contribution in [0.3, 0.4) is 0 Å². The van der Waals surface area contributed by atoms with E-state index in [2.05, 4.69) is 123 Å². The Hall–Kier alpha value is -3.00. The Bertz CT molecular complexity index is 805. The molecule has 2 heteroatoms. The first-order valence-corrected chi connectivity index (χ1v) is 8.87. The summed E-state index contributed by atoms with van der Waals surface area (Å²) >= 11 is 0. The van der Waals surface area contributed by atoms with Crippen molar-refractivity contribution in [2.45, 2.75) is 0 Å². The van der Waals surface area contributed by atoms with E-state index in [-0.39, 0.29) is 0 Å². The number of hydrogen-bond donors (Lipinski definition) is 0. The van der Waals surface area contributed by atoms with Crippen molar-refractivity contribution in [2.75, 3.05) is 38.0 Å². The van der Waals surface area contributed by atoms with E-state index < -0.39 is 0 Å². The zero-order valence-electron chi connectivity index (χ0n) is 16.0. The fraction of sp³-hybridized carbons (Fsp3) is 0.167. The summed E-state index contributed by atoms with van der Waals surface area (Å²) in [6, 6.07) is 28.0. The smallest absolute Gasteiger partial charge is 0.0361 e. The molecule has 0 fully saturated rings. The molecule has 0 amide bonds. The molecule has 0 saturated heterocycles. The maximum Gasteiger partial charge on any atom is 0.0361 e. The van der Waals surface area contributed by atoms with Crippen molar-refractivity contribution >= 4 is 23.0 Å². The monoisotopic (exact) mass is 342 g/mol. The van der Waals surface area contributed by atoms with Crippen LogP contribution in [-0.2, 0) is 0 Å². The molecule has 0 unspecified atom stereocenters. The van der Waals surface area contributed by atoms with E-state index in [1.165, 1.54) is 33.6 Å². The van der Waals surface area contributed by atoms with Gasteiger partial charge in [-0.3, -0.25) is 0 Å². The summed E-state index contributed by atoms with van der Waals surface area (Å²) in [6.07, 6.45) is 2.26. The molecule has 0 aliphatic carbocycles. The van der Waals surface area contributed by atoms with Crippen LogP contribution in [0.4, 0.5) is 11.4 Å². The molecule has 0 N–H and O–H groups in total. The second-order valence-corrected chi connectivity index (χ2v) is 6.85. The first-order chi connectivity index (χ1) is 12.5. The van der Waals surface area contributed by atoms with Gasteiger partial charge in [0.2, 0.25) is 0 Å². The number of rotatable bonds is 5. The highest BCUT2D eigenvalue weighted by atomic mass is 15.1. The Labute approximate surface area is 157 Å². The predicted molar refractivity (Wildman–Crippen MR) is 115 cm³/mol. The van der Waals surface area contributed by atoms with Crippen LogP contribution in [-0.4, -0.2) is 28.2 Å². The Balaban J connectivity index is 2.06. The average molecular weight is 342 g/mol. The Morgan fingerprint density at radius 1 is 0.577 bits per heavy atom. The fourth-order valence-corrected chi connectivity index (χ4v) is 2.93. The van der Waals surface area contributed by atoms with Crippen molar-refractivity contribution < 1.29 is 0 Å². The van der Waals surface area contributed by atoms with Crippen LogP contribution in [0, 0.1) is 0 Å². The molecule has 3 rings (SSSR count). The van der Waals surface area contributed by atoms with Crippen molar-refractivity contribution in [1.29, 1.82) is 0 Å². The maximum atomic E-state index is 2.26. The zero-order chi connectivity index (χ0) is 18.5. The maximum absolute atomic E-state index is 2.26. The van der Waals surface area contributed by atoms with Gasteiger partial charge in [-0.25, -0.2) is 0 Å². The molecule has 0 radical (unpaired) electrons. The number of benzene rings is 3. The third-order valence-corrected chi connectivity index (χ3v) is 4.50. The van der Waals surface area contributed by atoms with Crippen molar-refractivity contribution in [3.05, 3.63) is 95.6 Å². The normalized spacial score (nSPS) is 10.3. The second-order valence-electron chi connectivity index (χ2n) is 6.85. The van der Waals surface area contributed by atoms with E-state index in [4.69, 9.17) is 0 Å². The van der Waals surface area contributed by atoms with Crippen molar-refractivity contribution in [1.82, 2.24) is 0 Å². The summed E-state index contributed by atoms with van der Waals surface area (Å²) in [5.41, 5.74) is 7.28. The molecule has 26 heavy (non-hydrogen) atoms. The Morgan fingerprint density at radius 3 is 1.38 bits per heavy atom. The molecule has 3 aromatic rings. The largest absolute Gasteiger partial charge is 0.378 e. The minimum atomic E-state index is 1.20. The molecular weight excluding hydrogens is 316 g/mol. The second kappa shape index (κ2) is 7.92. The molecule has 132 valence electrons. The molecule has 0 heterocycles. The van der Waals surface area contributed by atoms with Gasteiger partial charge in [-0.1, -0.05) is 54.6 Å². The van der Waals surface area contributed by atoms with Gasteiger partial charge in [0.05, 0.1) is 0 Å². The van der Waals surface area contributed by atoms with Gasteiger partial charge in [-0.15, -0.1) is 0 Å². The summed E-state index contributed by atoms with van der Waals surface area (Å²) in [5, 5.41) is 0. The zero-order valence-corrected chi connectivity index (χ0v) is 16.0. The summed E-state index contributed by atoms with van der Waals surface area (Å²) in [5.74, 6) is 0. The lowest BCUT2D eigenvalue weighted by Gasteiger charge is -2.16. The van der Waals surface area contributed by atoms with Crippen LogP contribution in [0.15, 0.2) is 78.9 Å². The van der Waals surface area contributed by atoms with Crippen molar-refractivity contribution in [2.24, 2.45) is 0 Å². The molecule has 0 bridgehead atoms. The summed E-state index contributed by atoms with van der Waals surface area (Å²) in [7, 11) is 8.26. The molecule has 0 aliphatic heterocycles. The van der Waals surface area contributed by atoms with Crippen LogP contribution in [0.25, 0.3) is 11.6 Å². The molecule has 0 spiro atoms. The van der Waals surface area contributed by atoms with Crippen LogP contribution < -0.4 is 9.80 Å². The number of anilines is 2. The van der Waals surface area contributed by atoms with E-state index in [0.717, 1.165) is 0 Å². The fourth-order valence-electron chi connectivity index (χ4n) is 2.93. The average Bonchev–Trinajstić information content (AvgIpc) is 2.67. The van der Waals surface area contributed by atoms with Gasteiger partial charge in [0.1, 0.15) is 0 Å². The van der Waals surface area contributed by atoms with Gasteiger partial charge >= 0.3 is 0 Å². The third kappa shape index (κ3) is 4.15. The minimum absolute atomic E-state index is 1.20. The minimum Gasteiger partial charge on any atom is -0.378 e. The predicted octanol–water partition coefficient (Wildman–Crippen LogP) is 5.41. The van der Waals surface area contributed by atoms with Gasteiger partial charge < -0.3 is 9.80 Å². The van der Waals surface area contributed by atoms with Gasteiger partial charge in [0.25, 0.3) is 0 Å². The molecule has 3 aromatic carbocycles. The van der Waals surface area contributed by atoms with Gasteiger partial charge in [-0.2, -0.15) is 0 Å². The molecule has 0 aliphatic rings. The third-order valence-electron chi connectivity index (χ3n) is 4.50. The van der Waals surface area contributed by atoms with Crippen LogP contribution in [0.2, 0.25) is 0 Å². The molecule has 2 nitrogen and oxygen atoms in total. The molecule has 0 saturated carbocycles. The number of nitrogens with zero attached hydrogens (tertiary/aromatic N) is 2.